The van der Waals surface area contributed by atoms with Crippen LogP contribution >= 0.6 is 0 Å². The van der Waals surface area contributed by atoms with E-state index in [1.54, 1.807) is 37.4 Å². The van der Waals surface area contributed by atoms with Crippen molar-refractivity contribution in [2.45, 2.75) is 25.4 Å². The number of nitriles is 1. The molecule has 0 aliphatic carbocycles. The van der Waals surface area contributed by atoms with E-state index in [4.69, 9.17) is 4.74 Å². The third kappa shape index (κ3) is 5.44. The van der Waals surface area contributed by atoms with Crippen molar-refractivity contribution >= 4 is 28.9 Å². The number of hydrogen-bond donors (Lipinski definition) is 2. The number of carbonyl (C=O) groups is 2. The van der Waals surface area contributed by atoms with E-state index < -0.39 is 17.7 Å². The molecule has 0 unspecified atom stereocenters. The second-order valence-corrected chi connectivity index (χ2v) is 9.85. The highest BCUT2D eigenvalue weighted by atomic mass is 19.3. The largest absolute Gasteiger partial charge is 0.383 e. The molecule has 214 valence electrons. The number of carbonyl (C=O) groups excluding carboxylic acids is 2. The predicted octanol–water partition coefficient (Wildman–Crippen LogP) is 5.25. The van der Waals surface area contributed by atoms with Crippen LogP contribution < -0.4 is 15.5 Å². The Morgan fingerprint density at radius 3 is 2.50 bits per heavy atom. The summed E-state index contributed by atoms with van der Waals surface area (Å²) in [5.74, 6) is -4.15. The SMILES string of the molecule is COCCNc1ccc(C(=O)Nc2cnn3c2C(=O)N(c2ccc(C(F)(F)c4ccccc4)cc2)[C@@H](C)C3)cc1C#N. The molecule has 0 fully saturated rings. The molecule has 0 saturated carbocycles. The zero-order valence-electron chi connectivity index (χ0n) is 23.0. The lowest BCUT2D eigenvalue weighted by molar-refractivity contribution is 0.0428. The van der Waals surface area contributed by atoms with Gasteiger partial charge in [0.15, 0.2) is 0 Å². The number of hydrogen-bond acceptors (Lipinski definition) is 6. The molecule has 0 radical (unpaired) electrons. The van der Waals surface area contributed by atoms with E-state index in [1.807, 2.05) is 6.92 Å². The molecule has 1 aliphatic rings. The number of nitrogens with one attached hydrogen (secondary N) is 2. The molecule has 3 aromatic carbocycles. The lowest BCUT2D eigenvalue weighted by Gasteiger charge is -2.34. The van der Waals surface area contributed by atoms with Gasteiger partial charge in [0.2, 0.25) is 0 Å². The molecule has 1 atom stereocenters. The van der Waals surface area contributed by atoms with Crippen LogP contribution in [0, 0.1) is 11.3 Å². The Balaban J connectivity index is 1.36. The number of halogens is 2. The highest BCUT2D eigenvalue weighted by Gasteiger charge is 2.37. The molecular formula is C31H28F2N6O3. The summed E-state index contributed by atoms with van der Waals surface area (Å²) in [7, 11) is 1.57. The molecule has 0 saturated heterocycles. The summed E-state index contributed by atoms with van der Waals surface area (Å²) in [4.78, 5) is 28.3. The summed E-state index contributed by atoms with van der Waals surface area (Å²) in [6.07, 6.45) is 1.40. The maximum absolute atomic E-state index is 15.1. The molecule has 2 amide bonds. The first-order valence-corrected chi connectivity index (χ1v) is 13.3. The first-order chi connectivity index (χ1) is 20.2. The van der Waals surface area contributed by atoms with Crippen LogP contribution in [0.1, 0.15) is 44.5 Å². The van der Waals surface area contributed by atoms with Crippen molar-refractivity contribution < 1.29 is 23.1 Å². The smallest absolute Gasteiger partial charge is 0.298 e. The van der Waals surface area contributed by atoms with Crippen LogP contribution in [0.4, 0.5) is 25.8 Å². The van der Waals surface area contributed by atoms with Gasteiger partial charge in [0.05, 0.1) is 42.3 Å². The van der Waals surface area contributed by atoms with Gasteiger partial charge in [0.1, 0.15) is 11.8 Å². The Morgan fingerprint density at radius 2 is 1.81 bits per heavy atom. The van der Waals surface area contributed by atoms with E-state index in [-0.39, 0.29) is 39.7 Å². The average Bonchev–Trinajstić information content (AvgIpc) is 3.40. The number of nitrogens with zero attached hydrogens (tertiary/aromatic N) is 4. The Hall–Kier alpha value is -5.08. The van der Waals surface area contributed by atoms with E-state index in [0.717, 1.165) is 0 Å². The van der Waals surface area contributed by atoms with Crippen LogP contribution in [0.25, 0.3) is 0 Å². The van der Waals surface area contributed by atoms with Gasteiger partial charge in [-0.05, 0) is 37.3 Å². The van der Waals surface area contributed by atoms with Gasteiger partial charge in [-0.1, -0.05) is 42.5 Å². The molecular weight excluding hydrogens is 542 g/mol. The number of rotatable bonds is 9. The molecule has 2 heterocycles. The molecule has 42 heavy (non-hydrogen) atoms. The number of alkyl halides is 2. The molecule has 9 nitrogen and oxygen atoms in total. The van der Waals surface area contributed by atoms with Gasteiger partial charge in [0.25, 0.3) is 17.7 Å². The Bertz CT molecular complexity index is 1650. The number of aromatic nitrogens is 2. The highest BCUT2D eigenvalue weighted by Crippen LogP contribution is 2.37. The van der Waals surface area contributed by atoms with Crippen molar-refractivity contribution in [1.82, 2.24) is 9.78 Å². The second kappa shape index (κ2) is 11.8. The Labute approximate surface area is 241 Å². The minimum atomic E-state index is -3.20. The first-order valence-electron chi connectivity index (χ1n) is 13.3. The van der Waals surface area contributed by atoms with Crippen molar-refractivity contribution in [3.8, 4) is 6.07 Å². The van der Waals surface area contributed by atoms with Gasteiger partial charge >= 0.3 is 0 Å². The van der Waals surface area contributed by atoms with Gasteiger partial charge in [-0.2, -0.15) is 19.1 Å². The lowest BCUT2D eigenvalue weighted by Crippen LogP contribution is -2.47. The summed E-state index contributed by atoms with van der Waals surface area (Å²) >= 11 is 0. The van der Waals surface area contributed by atoms with Crippen LogP contribution in [0.3, 0.4) is 0 Å². The minimum absolute atomic E-state index is 0.122. The summed E-state index contributed by atoms with van der Waals surface area (Å²) in [5.41, 5.74) is 1.59. The summed E-state index contributed by atoms with van der Waals surface area (Å²) < 4.78 is 36.7. The molecule has 4 aromatic rings. The Kier molecular flexibility index (Phi) is 7.99. The quantitative estimate of drug-likeness (QED) is 0.266. The molecule has 1 aliphatic heterocycles. The summed E-state index contributed by atoms with van der Waals surface area (Å²) in [5, 5.41) is 19.7. The van der Waals surface area contributed by atoms with Gasteiger partial charge in [-0.25, -0.2) is 0 Å². The zero-order valence-corrected chi connectivity index (χ0v) is 23.0. The number of ether oxygens (including phenoxy) is 1. The third-order valence-corrected chi connectivity index (χ3v) is 7.06. The number of fused-ring (bicyclic) bond motifs is 1. The van der Waals surface area contributed by atoms with E-state index in [1.165, 1.54) is 58.2 Å². The summed E-state index contributed by atoms with van der Waals surface area (Å²) in [6, 6.07) is 19.6. The van der Waals surface area contributed by atoms with E-state index in [0.29, 0.717) is 31.1 Å². The van der Waals surface area contributed by atoms with Crippen molar-refractivity contribution in [2.75, 3.05) is 35.8 Å². The number of amides is 2. The van der Waals surface area contributed by atoms with Crippen LogP contribution in [0.15, 0.2) is 79.0 Å². The highest BCUT2D eigenvalue weighted by molar-refractivity contribution is 6.13. The number of anilines is 3. The molecule has 5 rings (SSSR count). The second-order valence-electron chi connectivity index (χ2n) is 9.85. The van der Waals surface area contributed by atoms with Crippen molar-refractivity contribution in [1.29, 1.82) is 5.26 Å². The van der Waals surface area contributed by atoms with Crippen LogP contribution in [-0.4, -0.2) is 47.9 Å². The van der Waals surface area contributed by atoms with Crippen molar-refractivity contribution in [3.63, 3.8) is 0 Å². The molecule has 2 N–H and O–H groups in total. The maximum Gasteiger partial charge on any atom is 0.298 e. The monoisotopic (exact) mass is 570 g/mol. The lowest BCUT2D eigenvalue weighted by atomic mass is 9.99. The zero-order chi connectivity index (χ0) is 29.9. The number of methoxy groups -OCH3 is 1. The molecule has 0 spiro atoms. The first kappa shape index (κ1) is 28.4. The van der Waals surface area contributed by atoms with E-state index in [9.17, 15) is 14.9 Å². The van der Waals surface area contributed by atoms with Gasteiger partial charge in [0, 0.05) is 36.0 Å². The molecule has 0 bridgehead atoms. The van der Waals surface area contributed by atoms with Crippen molar-refractivity contribution in [3.05, 3.63) is 107 Å². The maximum atomic E-state index is 15.1. The fraction of sp³-hybridized carbons (Fsp3) is 0.226. The Morgan fingerprint density at radius 1 is 1.10 bits per heavy atom. The standard InChI is InChI=1S/C31H28F2N6O3/c1-20-19-38-28(27(18-36-38)37-29(40)21-8-13-26(22(16-21)17-34)35-14-15-42-2)30(41)39(20)25-11-9-24(10-12-25)31(32,33)23-6-4-3-5-7-23/h3-13,16,18,20,35H,14-15,19H2,1-2H3,(H,37,40)/t20-/m0/s1. The average molecular weight is 571 g/mol. The fourth-order valence-electron chi connectivity index (χ4n) is 4.92. The van der Waals surface area contributed by atoms with Gasteiger partial charge in [-0.3, -0.25) is 14.3 Å². The van der Waals surface area contributed by atoms with E-state index in [2.05, 4.69) is 21.8 Å². The van der Waals surface area contributed by atoms with Gasteiger partial charge in [-0.15, -0.1) is 0 Å². The fourth-order valence-corrected chi connectivity index (χ4v) is 4.92. The predicted molar refractivity (Wildman–Crippen MR) is 154 cm³/mol. The molecule has 1 aromatic heterocycles. The van der Waals surface area contributed by atoms with Crippen LogP contribution in [0.5, 0.6) is 0 Å². The third-order valence-electron chi connectivity index (χ3n) is 7.06. The van der Waals surface area contributed by atoms with Gasteiger partial charge < -0.3 is 20.3 Å². The molecule has 11 heteroatoms. The minimum Gasteiger partial charge on any atom is -0.383 e. The normalized spacial score (nSPS) is 14.7. The topological polar surface area (TPSA) is 112 Å². The van der Waals surface area contributed by atoms with E-state index >= 15 is 8.78 Å². The van der Waals surface area contributed by atoms with Crippen LogP contribution in [0.2, 0.25) is 0 Å². The number of benzene rings is 3. The summed E-state index contributed by atoms with van der Waals surface area (Å²) in [6.45, 7) is 3.11. The van der Waals surface area contributed by atoms with Crippen molar-refractivity contribution in [2.24, 2.45) is 0 Å². The van der Waals surface area contributed by atoms with Crippen LogP contribution in [-0.2, 0) is 17.2 Å².